The quantitative estimate of drug-likeness (QED) is 0.878. The molecule has 3 rings (SSSR count). The average Bonchev–Trinajstić information content (AvgIpc) is 3.14. The summed E-state index contributed by atoms with van der Waals surface area (Å²) in [6.45, 7) is 8.01. The fraction of sp³-hybridized carbons (Fsp3) is 0.765. The third-order valence-electron chi connectivity index (χ3n) is 5.50. The van der Waals surface area contributed by atoms with Crippen LogP contribution in [-0.4, -0.2) is 62.6 Å². The van der Waals surface area contributed by atoms with Crippen LogP contribution in [0.3, 0.4) is 0 Å². The van der Waals surface area contributed by atoms with Crippen LogP contribution in [0, 0.1) is 5.41 Å². The minimum absolute atomic E-state index is 0.0457. The molecule has 8 nitrogen and oxygen atoms in total. The molecule has 0 saturated carbocycles. The van der Waals surface area contributed by atoms with Gasteiger partial charge in [-0.25, -0.2) is 0 Å². The van der Waals surface area contributed by atoms with Crippen molar-refractivity contribution in [2.45, 2.75) is 58.5 Å². The van der Waals surface area contributed by atoms with Crippen LogP contribution in [0.1, 0.15) is 57.7 Å². The maximum atomic E-state index is 11.7. The van der Waals surface area contributed by atoms with E-state index in [0.717, 1.165) is 12.8 Å². The summed E-state index contributed by atoms with van der Waals surface area (Å²) in [6, 6.07) is -0.543. The van der Waals surface area contributed by atoms with Gasteiger partial charge in [0.2, 0.25) is 11.8 Å². The van der Waals surface area contributed by atoms with E-state index >= 15 is 0 Å². The second-order valence-corrected chi connectivity index (χ2v) is 7.67. The molecule has 0 aliphatic carbocycles. The number of carboxylic acid groups (broad SMARTS) is 1. The lowest BCUT2D eigenvalue weighted by Gasteiger charge is -2.39. The zero-order valence-corrected chi connectivity index (χ0v) is 15.1. The molecule has 8 heteroatoms. The lowest BCUT2D eigenvalue weighted by molar-refractivity contribution is -0.142. The van der Waals surface area contributed by atoms with Crippen molar-refractivity contribution in [2.24, 2.45) is 5.41 Å². The molecule has 3 heterocycles. The van der Waals surface area contributed by atoms with Gasteiger partial charge in [-0.15, -0.1) is 0 Å². The van der Waals surface area contributed by atoms with Crippen LogP contribution in [0.2, 0.25) is 0 Å². The topological polar surface area (TPSA) is 99.8 Å². The van der Waals surface area contributed by atoms with Crippen molar-refractivity contribution in [1.29, 1.82) is 0 Å². The molecule has 0 radical (unpaired) electrons. The maximum Gasteiger partial charge on any atom is 0.320 e. The Morgan fingerprint density at radius 3 is 2.56 bits per heavy atom. The molecule has 0 unspecified atom stereocenters. The first-order valence-corrected chi connectivity index (χ1v) is 8.84. The standard InChI is InChI=1S/C17H26N4O4/c1-11(2)15-18-14(25-19-15)9-21-10-17(8-13(21)16(23)24)4-6-20(7-5-17)12(3)22/h11,13H,4-10H2,1-3H3,(H,23,24)/t13-/m0/s1. The molecule has 2 saturated heterocycles. The monoisotopic (exact) mass is 350 g/mol. The summed E-state index contributed by atoms with van der Waals surface area (Å²) in [5.41, 5.74) is -0.0457. The number of aliphatic carboxylic acids is 1. The van der Waals surface area contributed by atoms with E-state index < -0.39 is 12.0 Å². The highest BCUT2D eigenvalue weighted by atomic mass is 16.5. The Labute approximate surface area is 147 Å². The number of hydrogen-bond donors (Lipinski definition) is 1. The summed E-state index contributed by atoms with van der Waals surface area (Å²) < 4.78 is 5.29. The Morgan fingerprint density at radius 2 is 2.04 bits per heavy atom. The van der Waals surface area contributed by atoms with Gasteiger partial charge in [-0.2, -0.15) is 4.98 Å². The van der Waals surface area contributed by atoms with E-state index in [1.54, 1.807) is 6.92 Å². The van der Waals surface area contributed by atoms with Gasteiger partial charge in [0.25, 0.3) is 0 Å². The number of piperidine rings is 1. The van der Waals surface area contributed by atoms with E-state index in [4.69, 9.17) is 4.52 Å². The van der Waals surface area contributed by atoms with Gasteiger partial charge in [-0.05, 0) is 24.7 Å². The van der Waals surface area contributed by atoms with Gasteiger partial charge in [0.05, 0.1) is 6.54 Å². The fourth-order valence-corrected chi connectivity index (χ4v) is 3.95. The Bertz CT molecular complexity index is 649. The number of nitrogens with zero attached hydrogens (tertiary/aromatic N) is 4. The molecule has 2 aliphatic rings. The summed E-state index contributed by atoms with van der Waals surface area (Å²) >= 11 is 0. The molecule has 1 aromatic rings. The number of likely N-dealkylation sites (tertiary alicyclic amines) is 2. The number of carbonyl (C=O) groups excluding carboxylic acids is 1. The first-order valence-electron chi connectivity index (χ1n) is 8.84. The predicted octanol–water partition coefficient (Wildman–Crippen LogP) is 1.48. The van der Waals surface area contributed by atoms with Crippen molar-refractivity contribution in [3.63, 3.8) is 0 Å². The molecule has 1 spiro atoms. The SMILES string of the molecule is CC(=O)N1CCC2(CC1)C[C@@H](C(=O)O)N(Cc1nc(C(C)C)no1)C2. The summed E-state index contributed by atoms with van der Waals surface area (Å²) in [5.74, 6) is 0.563. The first kappa shape index (κ1) is 17.8. The fourth-order valence-electron chi connectivity index (χ4n) is 3.95. The third-order valence-corrected chi connectivity index (χ3v) is 5.50. The molecule has 2 aliphatic heterocycles. The van der Waals surface area contributed by atoms with Gasteiger partial charge in [-0.3, -0.25) is 14.5 Å². The highest BCUT2D eigenvalue weighted by Crippen LogP contribution is 2.44. The molecule has 1 atom stereocenters. The molecule has 1 aromatic heterocycles. The van der Waals surface area contributed by atoms with Crippen molar-refractivity contribution in [3.05, 3.63) is 11.7 Å². The molecule has 0 bridgehead atoms. The van der Waals surface area contributed by atoms with Crippen LogP contribution in [0.4, 0.5) is 0 Å². The van der Waals surface area contributed by atoms with Gasteiger partial charge in [-0.1, -0.05) is 19.0 Å². The van der Waals surface area contributed by atoms with Crippen LogP contribution in [0.15, 0.2) is 4.52 Å². The number of rotatable bonds is 4. The van der Waals surface area contributed by atoms with Gasteiger partial charge in [0.15, 0.2) is 5.82 Å². The molecular weight excluding hydrogens is 324 g/mol. The number of hydrogen-bond acceptors (Lipinski definition) is 6. The van der Waals surface area contributed by atoms with Crippen molar-refractivity contribution < 1.29 is 19.2 Å². The third kappa shape index (κ3) is 3.68. The highest BCUT2D eigenvalue weighted by molar-refractivity contribution is 5.74. The summed E-state index contributed by atoms with van der Waals surface area (Å²) in [7, 11) is 0. The molecule has 1 N–H and O–H groups in total. The van der Waals surface area contributed by atoms with Crippen molar-refractivity contribution in [2.75, 3.05) is 19.6 Å². The Morgan fingerprint density at radius 1 is 1.36 bits per heavy atom. The van der Waals surface area contributed by atoms with Crippen LogP contribution >= 0.6 is 0 Å². The smallest absolute Gasteiger partial charge is 0.320 e. The minimum Gasteiger partial charge on any atom is -0.480 e. The van der Waals surface area contributed by atoms with E-state index in [0.29, 0.717) is 44.3 Å². The largest absolute Gasteiger partial charge is 0.480 e. The molecule has 25 heavy (non-hydrogen) atoms. The van der Waals surface area contributed by atoms with E-state index in [1.165, 1.54) is 0 Å². The number of carboxylic acids is 1. The summed E-state index contributed by atoms with van der Waals surface area (Å²) in [5, 5.41) is 13.6. The normalized spacial score (nSPS) is 23.5. The Kier molecular flexibility index (Phi) is 4.81. The van der Waals surface area contributed by atoms with E-state index in [2.05, 4.69) is 10.1 Å². The molecular formula is C17H26N4O4. The number of amides is 1. The average molecular weight is 350 g/mol. The summed E-state index contributed by atoms with van der Waals surface area (Å²) in [4.78, 5) is 31.4. The van der Waals surface area contributed by atoms with Crippen LogP contribution in [0.5, 0.6) is 0 Å². The van der Waals surface area contributed by atoms with Gasteiger partial charge < -0.3 is 14.5 Å². The Balaban J connectivity index is 1.70. The van der Waals surface area contributed by atoms with Gasteiger partial charge in [0.1, 0.15) is 6.04 Å². The lowest BCUT2D eigenvalue weighted by Crippen LogP contribution is -2.43. The van der Waals surface area contributed by atoms with Crippen LogP contribution in [0.25, 0.3) is 0 Å². The van der Waals surface area contributed by atoms with Gasteiger partial charge >= 0.3 is 5.97 Å². The molecule has 2 fully saturated rings. The summed E-state index contributed by atoms with van der Waals surface area (Å²) in [6.07, 6.45) is 2.29. The minimum atomic E-state index is -0.811. The second kappa shape index (κ2) is 6.74. The predicted molar refractivity (Wildman–Crippen MR) is 88.8 cm³/mol. The molecule has 1 amide bonds. The second-order valence-electron chi connectivity index (χ2n) is 7.67. The van der Waals surface area contributed by atoms with E-state index in [-0.39, 0.29) is 17.2 Å². The number of aromatic nitrogens is 2. The van der Waals surface area contributed by atoms with Crippen LogP contribution < -0.4 is 0 Å². The van der Waals surface area contributed by atoms with Crippen molar-refractivity contribution in [3.8, 4) is 0 Å². The van der Waals surface area contributed by atoms with Crippen LogP contribution in [-0.2, 0) is 16.1 Å². The lowest BCUT2D eigenvalue weighted by atomic mass is 9.76. The number of carbonyl (C=O) groups is 2. The molecule has 0 aromatic carbocycles. The van der Waals surface area contributed by atoms with E-state index in [1.807, 2.05) is 23.6 Å². The van der Waals surface area contributed by atoms with Gasteiger partial charge in [0, 0.05) is 32.5 Å². The first-order chi connectivity index (χ1) is 11.8. The van der Waals surface area contributed by atoms with E-state index in [9.17, 15) is 14.7 Å². The highest BCUT2D eigenvalue weighted by Gasteiger charge is 2.48. The maximum absolute atomic E-state index is 11.7. The van der Waals surface area contributed by atoms with Crippen molar-refractivity contribution >= 4 is 11.9 Å². The van der Waals surface area contributed by atoms with Crippen molar-refractivity contribution in [1.82, 2.24) is 19.9 Å². The Hall–Kier alpha value is -1.96. The molecule has 138 valence electrons. The zero-order valence-electron chi connectivity index (χ0n) is 15.1. The zero-order chi connectivity index (χ0) is 18.2.